The van der Waals surface area contributed by atoms with Gasteiger partial charge in [-0.15, -0.1) is 0 Å². The first kappa shape index (κ1) is 12.8. The lowest BCUT2D eigenvalue weighted by Crippen LogP contribution is -2.42. The maximum Gasteiger partial charge on any atom is 0.119 e. The molecule has 0 unspecified atom stereocenters. The number of fused-ring (bicyclic) bond motifs is 5. The Hall–Kier alpha value is -1.96. The van der Waals surface area contributed by atoms with Crippen LogP contribution in [0.5, 0.6) is 5.75 Å². The van der Waals surface area contributed by atoms with Gasteiger partial charge in [0.05, 0.1) is 12.6 Å². The molecule has 2 heteroatoms. The summed E-state index contributed by atoms with van der Waals surface area (Å²) >= 11 is 0. The third-order valence-electron chi connectivity index (χ3n) is 5.72. The number of methoxy groups -OCH3 is 1. The number of aryl methyl sites for hydroxylation is 1. The number of ether oxygens (including phenoxy) is 1. The van der Waals surface area contributed by atoms with Crippen LogP contribution in [0.4, 0.5) is 5.69 Å². The van der Waals surface area contributed by atoms with Gasteiger partial charge in [0, 0.05) is 11.1 Å². The van der Waals surface area contributed by atoms with E-state index in [9.17, 15) is 0 Å². The molecular weight excluding hydrogens is 258 g/mol. The third kappa shape index (κ3) is 1.38. The molecule has 21 heavy (non-hydrogen) atoms. The van der Waals surface area contributed by atoms with E-state index in [1.54, 1.807) is 7.11 Å². The van der Waals surface area contributed by atoms with E-state index in [1.165, 1.54) is 27.9 Å². The fourth-order valence-corrected chi connectivity index (χ4v) is 4.31. The molecule has 4 rings (SSSR count). The molecule has 0 radical (unpaired) electrons. The summed E-state index contributed by atoms with van der Waals surface area (Å²) < 4.78 is 5.50. The molecular formula is C19H21NO. The molecule has 0 aromatic heterocycles. The molecule has 108 valence electrons. The fraction of sp³-hybridized carbons (Fsp3) is 0.368. The number of nitrogens with one attached hydrogen (secondary N) is 1. The van der Waals surface area contributed by atoms with Crippen LogP contribution in [0.25, 0.3) is 0 Å². The lowest BCUT2D eigenvalue weighted by atomic mass is 9.71. The van der Waals surface area contributed by atoms with Crippen molar-refractivity contribution in [2.24, 2.45) is 0 Å². The van der Waals surface area contributed by atoms with Gasteiger partial charge in [-0.2, -0.15) is 0 Å². The van der Waals surface area contributed by atoms with Gasteiger partial charge < -0.3 is 10.1 Å². The van der Waals surface area contributed by atoms with Crippen molar-refractivity contribution < 1.29 is 4.74 Å². The minimum absolute atomic E-state index is 0.0386. The second kappa shape index (κ2) is 3.82. The van der Waals surface area contributed by atoms with Crippen LogP contribution in [0.3, 0.4) is 0 Å². The molecule has 1 heterocycles. The molecule has 0 saturated carbocycles. The Bertz CT molecular complexity index is 751. The zero-order chi connectivity index (χ0) is 14.8. The van der Waals surface area contributed by atoms with E-state index in [4.69, 9.17) is 4.74 Å². The summed E-state index contributed by atoms with van der Waals surface area (Å²) in [6, 6.07) is 13.2. The number of benzene rings is 2. The monoisotopic (exact) mass is 279 g/mol. The van der Waals surface area contributed by atoms with Gasteiger partial charge in [0.15, 0.2) is 0 Å². The summed E-state index contributed by atoms with van der Waals surface area (Å²) in [5.41, 5.74) is 6.86. The van der Waals surface area contributed by atoms with Crippen LogP contribution >= 0.6 is 0 Å². The van der Waals surface area contributed by atoms with Crippen LogP contribution in [-0.2, 0) is 17.4 Å². The average molecular weight is 279 g/mol. The van der Waals surface area contributed by atoms with Crippen molar-refractivity contribution in [3.8, 4) is 5.75 Å². The minimum Gasteiger partial charge on any atom is -0.497 e. The highest BCUT2D eigenvalue weighted by molar-refractivity contribution is 5.73. The van der Waals surface area contributed by atoms with Gasteiger partial charge in [-0.25, -0.2) is 0 Å². The second-order valence-corrected chi connectivity index (χ2v) is 6.78. The quantitative estimate of drug-likeness (QED) is 0.846. The van der Waals surface area contributed by atoms with Gasteiger partial charge in [0.1, 0.15) is 5.75 Å². The summed E-state index contributed by atoms with van der Waals surface area (Å²) in [4.78, 5) is 0. The van der Waals surface area contributed by atoms with Gasteiger partial charge in [-0.05, 0) is 54.7 Å². The maximum absolute atomic E-state index is 5.50. The van der Waals surface area contributed by atoms with Gasteiger partial charge in [0.2, 0.25) is 0 Å². The SMILES string of the molecule is COc1cc(C)c2c(c1)[C@]1(C)Cc3ccccc3[C@]1(C)N2. The molecule has 2 aromatic carbocycles. The van der Waals surface area contributed by atoms with Gasteiger partial charge in [-0.1, -0.05) is 31.2 Å². The number of anilines is 1. The summed E-state index contributed by atoms with van der Waals surface area (Å²) in [5, 5.41) is 3.83. The molecule has 2 aromatic rings. The van der Waals surface area contributed by atoms with E-state index >= 15 is 0 Å². The first-order valence-electron chi connectivity index (χ1n) is 7.55. The largest absolute Gasteiger partial charge is 0.497 e. The standard InChI is InChI=1S/C19H21NO/c1-12-9-14(21-4)10-16-17(12)20-19(3)15-8-6-5-7-13(15)11-18(16,19)2/h5-10,20H,11H2,1-4H3/t18-,19-/m0/s1. The number of hydrogen-bond donors (Lipinski definition) is 1. The fourth-order valence-electron chi connectivity index (χ4n) is 4.31. The predicted molar refractivity (Wildman–Crippen MR) is 86.2 cm³/mol. The molecule has 1 aliphatic heterocycles. The van der Waals surface area contributed by atoms with Gasteiger partial charge in [0.25, 0.3) is 0 Å². The highest BCUT2D eigenvalue weighted by atomic mass is 16.5. The lowest BCUT2D eigenvalue weighted by Gasteiger charge is -2.36. The van der Waals surface area contributed by atoms with Crippen molar-refractivity contribution in [3.05, 3.63) is 58.7 Å². The molecule has 2 nitrogen and oxygen atoms in total. The van der Waals surface area contributed by atoms with E-state index in [0.29, 0.717) is 0 Å². The van der Waals surface area contributed by atoms with E-state index in [-0.39, 0.29) is 11.0 Å². The topological polar surface area (TPSA) is 21.3 Å². The normalized spacial score (nSPS) is 28.6. The summed E-state index contributed by atoms with van der Waals surface area (Å²) in [5.74, 6) is 0.953. The number of hydrogen-bond acceptors (Lipinski definition) is 2. The first-order chi connectivity index (χ1) is 9.99. The molecule has 0 amide bonds. The molecule has 0 bridgehead atoms. The van der Waals surface area contributed by atoms with Crippen molar-refractivity contribution >= 4 is 5.69 Å². The van der Waals surface area contributed by atoms with Crippen LogP contribution in [0.1, 0.15) is 36.1 Å². The Morgan fingerprint density at radius 1 is 1.10 bits per heavy atom. The van der Waals surface area contributed by atoms with Gasteiger partial charge in [-0.3, -0.25) is 0 Å². The van der Waals surface area contributed by atoms with Crippen molar-refractivity contribution in [2.75, 3.05) is 12.4 Å². The Morgan fingerprint density at radius 2 is 1.86 bits per heavy atom. The maximum atomic E-state index is 5.50. The van der Waals surface area contributed by atoms with Crippen LogP contribution in [-0.4, -0.2) is 7.11 Å². The van der Waals surface area contributed by atoms with Crippen molar-refractivity contribution in [1.29, 1.82) is 0 Å². The molecule has 0 spiro atoms. The number of rotatable bonds is 1. The Labute approximate surface area is 126 Å². The first-order valence-corrected chi connectivity index (χ1v) is 7.55. The van der Waals surface area contributed by atoms with Crippen LogP contribution in [0.2, 0.25) is 0 Å². The zero-order valence-corrected chi connectivity index (χ0v) is 13.1. The highest BCUT2D eigenvalue weighted by Gasteiger charge is 2.58. The van der Waals surface area contributed by atoms with Crippen molar-refractivity contribution in [1.82, 2.24) is 0 Å². The average Bonchev–Trinajstić information content (AvgIpc) is 2.83. The summed E-state index contributed by atoms with van der Waals surface area (Å²) in [6.07, 6.45) is 1.08. The summed E-state index contributed by atoms with van der Waals surface area (Å²) in [6.45, 7) is 6.88. The molecule has 2 atom stereocenters. The predicted octanol–water partition coefficient (Wildman–Crippen LogP) is 4.16. The van der Waals surface area contributed by atoms with Crippen molar-refractivity contribution in [3.63, 3.8) is 0 Å². The van der Waals surface area contributed by atoms with Crippen LogP contribution < -0.4 is 10.1 Å². The van der Waals surface area contributed by atoms with E-state index < -0.39 is 0 Å². The molecule has 0 fully saturated rings. The van der Waals surface area contributed by atoms with E-state index in [0.717, 1.165) is 12.2 Å². The van der Waals surface area contributed by atoms with E-state index in [1.807, 2.05) is 0 Å². The van der Waals surface area contributed by atoms with Gasteiger partial charge >= 0.3 is 0 Å². The second-order valence-electron chi connectivity index (χ2n) is 6.78. The Kier molecular flexibility index (Phi) is 2.32. The van der Waals surface area contributed by atoms with E-state index in [2.05, 4.69) is 62.5 Å². The zero-order valence-electron chi connectivity index (χ0n) is 13.1. The van der Waals surface area contributed by atoms with Crippen LogP contribution in [0.15, 0.2) is 36.4 Å². The molecule has 2 aliphatic rings. The lowest BCUT2D eigenvalue weighted by molar-refractivity contribution is 0.339. The van der Waals surface area contributed by atoms with Crippen LogP contribution in [0, 0.1) is 6.92 Å². The molecule has 1 aliphatic carbocycles. The Balaban J connectivity index is 1.98. The smallest absolute Gasteiger partial charge is 0.119 e. The minimum atomic E-state index is -0.0386. The summed E-state index contributed by atoms with van der Waals surface area (Å²) in [7, 11) is 1.74. The highest BCUT2D eigenvalue weighted by Crippen LogP contribution is 2.60. The molecule has 1 N–H and O–H groups in total. The third-order valence-corrected chi connectivity index (χ3v) is 5.72. The van der Waals surface area contributed by atoms with Crippen molar-refractivity contribution in [2.45, 2.75) is 38.1 Å². The molecule has 0 saturated heterocycles. The Morgan fingerprint density at radius 3 is 2.62 bits per heavy atom.